The molecule has 0 aliphatic carbocycles. The van der Waals surface area contributed by atoms with E-state index in [4.69, 9.17) is 0 Å². The van der Waals surface area contributed by atoms with Crippen LogP contribution in [0.5, 0.6) is 0 Å². The topological polar surface area (TPSA) is 32.3 Å². The summed E-state index contributed by atoms with van der Waals surface area (Å²) >= 11 is 0. The number of hydrogen-bond donors (Lipinski definition) is 1. The van der Waals surface area contributed by atoms with Crippen LogP contribution in [0.2, 0.25) is 0 Å². The highest BCUT2D eigenvalue weighted by Gasteiger charge is 2.35. The maximum Gasteiger partial charge on any atom is 0.251 e. The minimum absolute atomic E-state index is 0.104. The molecule has 0 aromatic heterocycles. The van der Waals surface area contributed by atoms with E-state index in [0.29, 0.717) is 23.8 Å². The van der Waals surface area contributed by atoms with Gasteiger partial charge in [-0.1, -0.05) is 38.5 Å². The number of benzene rings is 1. The third-order valence-corrected chi connectivity index (χ3v) is 4.78. The average molecular weight is 334 g/mol. The van der Waals surface area contributed by atoms with Gasteiger partial charge in [0.1, 0.15) is 5.67 Å². The second-order valence-electron chi connectivity index (χ2n) is 8.36. The minimum atomic E-state index is -1.28. The van der Waals surface area contributed by atoms with Crippen molar-refractivity contribution in [1.82, 2.24) is 10.2 Å². The van der Waals surface area contributed by atoms with Gasteiger partial charge in [-0.2, -0.15) is 0 Å². The molecule has 0 saturated carbocycles. The highest BCUT2D eigenvalue weighted by atomic mass is 19.1. The van der Waals surface area contributed by atoms with Gasteiger partial charge in [0.05, 0.1) is 6.54 Å². The smallest absolute Gasteiger partial charge is 0.251 e. The Morgan fingerprint density at radius 3 is 2.54 bits per heavy atom. The highest BCUT2D eigenvalue weighted by molar-refractivity contribution is 5.94. The largest absolute Gasteiger partial charge is 0.349 e. The van der Waals surface area contributed by atoms with Gasteiger partial charge in [-0.05, 0) is 50.3 Å². The number of aryl methyl sites for hydroxylation is 1. The van der Waals surface area contributed by atoms with Gasteiger partial charge in [0.2, 0.25) is 0 Å². The molecule has 24 heavy (non-hydrogen) atoms. The number of likely N-dealkylation sites (tertiary alicyclic amines) is 1. The summed E-state index contributed by atoms with van der Waals surface area (Å²) in [6.45, 7) is 11.3. The van der Waals surface area contributed by atoms with Gasteiger partial charge in [0.25, 0.3) is 5.91 Å². The molecule has 1 saturated heterocycles. The Morgan fingerprint density at radius 1 is 1.29 bits per heavy atom. The summed E-state index contributed by atoms with van der Waals surface area (Å²) in [5.74, 6) is -0.189. The summed E-state index contributed by atoms with van der Waals surface area (Å²) in [7, 11) is 0. The van der Waals surface area contributed by atoms with E-state index in [2.05, 4.69) is 31.0 Å². The fourth-order valence-corrected chi connectivity index (χ4v) is 2.97. The number of hydrogen-bond acceptors (Lipinski definition) is 2. The third-order valence-electron chi connectivity index (χ3n) is 4.78. The van der Waals surface area contributed by atoms with Crippen LogP contribution in [0.4, 0.5) is 4.39 Å². The number of halogens is 1. The van der Waals surface area contributed by atoms with Gasteiger partial charge in [-0.25, -0.2) is 4.39 Å². The van der Waals surface area contributed by atoms with Gasteiger partial charge in [0, 0.05) is 18.7 Å². The Balaban J connectivity index is 1.78. The summed E-state index contributed by atoms with van der Waals surface area (Å²) in [4.78, 5) is 14.5. The number of nitrogens with one attached hydrogen (secondary N) is 1. The van der Waals surface area contributed by atoms with Crippen LogP contribution in [0.1, 0.15) is 56.0 Å². The van der Waals surface area contributed by atoms with E-state index in [9.17, 15) is 9.18 Å². The summed E-state index contributed by atoms with van der Waals surface area (Å²) in [6.07, 6.45) is 2.10. The van der Waals surface area contributed by atoms with Crippen molar-refractivity contribution in [3.8, 4) is 0 Å². The average Bonchev–Trinajstić information content (AvgIpc) is 2.51. The lowest BCUT2D eigenvalue weighted by Crippen LogP contribution is -2.48. The zero-order valence-electron chi connectivity index (χ0n) is 15.5. The summed E-state index contributed by atoms with van der Waals surface area (Å²) in [5, 5.41) is 2.78. The van der Waals surface area contributed by atoms with Crippen LogP contribution < -0.4 is 5.32 Å². The van der Waals surface area contributed by atoms with Crippen LogP contribution in [-0.4, -0.2) is 42.7 Å². The Labute approximate surface area is 145 Å². The first-order chi connectivity index (χ1) is 11.2. The molecule has 134 valence electrons. The SMILES string of the molecule is Cc1cccc(C(=O)NCC2(F)CCN(CCC(C)(C)C)CC2)c1. The van der Waals surface area contributed by atoms with E-state index in [1.54, 1.807) is 6.07 Å². The molecule has 0 bridgehead atoms. The van der Waals surface area contributed by atoms with Crippen LogP contribution in [0.15, 0.2) is 24.3 Å². The third kappa shape index (κ3) is 5.90. The van der Waals surface area contributed by atoms with Gasteiger partial charge < -0.3 is 10.2 Å². The van der Waals surface area contributed by atoms with Crippen LogP contribution in [-0.2, 0) is 0 Å². The van der Waals surface area contributed by atoms with E-state index in [-0.39, 0.29) is 12.5 Å². The molecule has 1 aromatic carbocycles. The molecule has 0 unspecified atom stereocenters. The molecular formula is C20H31FN2O. The second-order valence-corrected chi connectivity index (χ2v) is 8.36. The molecule has 1 aliphatic heterocycles. The fourth-order valence-electron chi connectivity index (χ4n) is 2.97. The number of carbonyl (C=O) groups is 1. The molecule has 1 amide bonds. The fraction of sp³-hybridized carbons (Fsp3) is 0.650. The van der Waals surface area contributed by atoms with Crippen LogP contribution >= 0.6 is 0 Å². The number of alkyl halides is 1. The molecule has 1 aliphatic rings. The quantitative estimate of drug-likeness (QED) is 0.884. The van der Waals surface area contributed by atoms with Crippen molar-refractivity contribution in [1.29, 1.82) is 0 Å². The van der Waals surface area contributed by atoms with Crippen molar-refractivity contribution in [3.05, 3.63) is 35.4 Å². The van der Waals surface area contributed by atoms with Gasteiger partial charge in [-0.15, -0.1) is 0 Å². The Bertz CT molecular complexity index is 557. The minimum Gasteiger partial charge on any atom is -0.349 e. The molecule has 0 radical (unpaired) electrons. The molecule has 1 fully saturated rings. The zero-order valence-corrected chi connectivity index (χ0v) is 15.5. The lowest BCUT2D eigenvalue weighted by atomic mass is 9.90. The maximum absolute atomic E-state index is 14.9. The molecule has 1 heterocycles. The molecule has 2 rings (SSSR count). The Hall–Kier alpha value is -1.42. The van der Waals surface area contributed by atoms with Crippen molar-refractivity contribution >= 4 is 5.91 Å². The van der Waals surface area contributed by atoms with Gasteiger partial charge >= 0.3 is 0 Å². The zero-order chi connectivity index (χ0) is 17.8. The summed E-state index contributed by atoms with van der Waals surface area (Å²) < 4.78 is 14.9. The van der Waals surface area contributed by atoms with E-state index >= 15 is 0 Å². The number of carbonyl (C=O) groups excluding carboxylic acids is 1. The summed E-state index contributed by atoms with van der Waals surface area (Å²) in [5.41, 5.74) is 0.662. The molecule has 0 spiro atoms. The first-order valence-corrected chi connectivity index (χ1v) is 8.93. The lowest BCUT2D eigenvalue weighted by Gasteiger charge is -2.37. The standard InChI is InChI=1S/C20H31FN2O/c1-16-6-5-7-17(14-16)18(24)22-15-20(21)9-12-23(13-10-20)11-8-19(2,3)4/h5-7,14H,8-13,15H2,1-4H3,(H,22,24). The second kappa shape index (κ2) is 7.64. The first-order valence-electron chi connectivity index (χ1n) is 8.93. The number of rotatable bonds is 5. The molecule has 4 heteroatoms. The van der Waals surface area contributed by atoms with Gasteiger partial charge in [-0.3, -0.25) is 4.79 Å². The van der Waals surface area contributed by atoms with Gasteiger partial charge in [0.15, 0.2) is 0 Å². The normalized spacial score (nSPS) is 18.4. The van der Waals surface area contributed by atoms with Crippen molar-refractivity contribution in [2.45, 2.75) is 52.6 Å². The molecular weight excluding hydrogens is 303 g/mol. The van der Waals surface area contributed by atoms with Crippen LogP contribution in [0, 0.1) is 12.3 Å². The van der Waals surface area contributed by atoms with Crippen molar-refractivity contribution in [2.24, 2.45) is 5.41 Å². The highest BCUT2D eigenvalue weighted by Crippen LogP contribution is 2.27. The van der Waals surface area contributed by atoms with Crippen LogP contribution in [0.3, 0.4) is 0 Å². The predicted molar refractivity (Wildman–Crippen MR) is 97.1 cm³/mol. The Morgan fingerprint density at radius 2 is 1.96 bits per heavy atom. The van der Waals surface area contributed by atoms with Crippen LogP contribution in [0.25, 0.3) is 0 Å². The lowest BCUT2D eigenvalue weighted by molar-refractivity contribution is 0.0508. The van der Waals surface area contributed by atoms with E-state index < -0.39 is 5.67 Å². The molecule has 0 atom stereocenters. The molecule has 1 aromatic rings. The molecule has 3 nitrogen and oxygen atoms in total. The van der Waals surface area contributed by atoms with Crippen molar-refractivity contribution in [3.63, 3.8) is 0 Å². The van der Waals surface area contributed by atoms with E-state index in [1.165, 1.54) is 0 Å². The maximum atomic E-state index is 14.9. The number of nitrogens with zero attached hydrogens (tertiary/aromatic N) is 1. The first kappa shape index (κ1) is 18.9. The summed E-state index contributed by atoms with van der Waals surface area (Å²) in [6, 6.07) is 7.39. The predicted octanol–water partition coefficient (Wildman–Crippen LogP) is 3.97. The monoisotopic (exact) mass is 334 g/mol. The molecule has 1 N–H and O–H groups in total. The van der Waals surface area contributed by atoms with E-state index in [1.807, 2.05) is 25.1 Å². The van der Waals surface area contributed by atoms with Crippen molar-refractivity contribution < 1.29 is 9.18 Å². The van der Waals surface area contributed by atoms with Crippen molar-refractivity contribution in [2.75, 3.05) is 26.2 Å². The Kier molecular flexibility index (Phi) is 6.02. The number of piperidine rings is 1. The number of amides is 1. The van der Waals surface area contributed by atoms with E-state index in [0.717, 1.165) is 31.6 Å².